The Morgan fingerprint density at radius 1 is 1.17 bits per heavy atom. The van der Waals surface area contributed by atoms with E-state index in [1.807, 2.05) is 5.38 Å². The molecule has 4 rings (SSSR count). The Hall–Kier alpha value is -2.69. The van der Waals surface area contributed by atoms with E-state index in [2.05, 4.69) is 19.7 Å². The normalized spacial score (nSPS) is 17.1. The minimum atomic E-state index is -3.61. The van der Waals surface area contributed by atoms with Crippen LogP contribution in [0.2, 0.25) is 0 Å². The largest absolute Gasteiger partial charge is 0.341 e. The highest BCUT2D eigenvalue weighted by Crippen LogP contribution is 2.21. The Morgan fingerprint density at radius 3 is 2.70 bits per heavy atom. The van der Waals surface area contributed by atoms with Gasteiger partial charge in [-0.05, 0) is 31.0 Å². The number of likely N-dealkylation sites (tertiary alicyclic amines) is 1. The summed E-state index contributed by atoms with van der Waals surface area (Å²) >= 11 is 1.40. The number of carbonyl (C=O) groups excluding carboxylic acids is 1. The summed E-state index contributed by atoms with van der Waals surface area (Å²) < 4.78 is 27.9. The smallest absolute Gasteiger partial charge is 0.240 e. The van der Waals surface area contributed by atoms with Crippen molar-refractivity contribution < 1.29 is 13.2 Å². The van der Waals surface area contributed by atoms with E-state index < -0.39 is 10.0 Å². The number of amides is 1. The van der Waals surface area contributed by atoms with Crippen LogP contribution in [0.4, 0.5) is 0 Å². The average molecular weight is 444 g/mol. The number of rotatable bonds is 6. The second kappa shape index (κ2) is 8.99. The number of sulfonamides is 1. The van der Waals surface area contributed by atoms with Crippen molar-refractivity contribution in [3.8, 4) is 10.8 Å². The summed E-state index contributed by atoms with van der Waals surface area (Å²) in [5, 5.41) is 2.51. The number of carbonyl (C=O) groups is 1. The molecule has 30 heavy (non-hydrogen) atoms. The van der Waals surface area contributed by atoms with Crippen molar-refractivity contribution in [2.24, 2.45) is 0 Å². The first-order valence-corrected chi connectivity index (χ1v) is 11.9. The molecule has 1 aliphatic heterocycles. The van der Waals surface area contributed by atoms with E-state index in [-0.39, 0.29) is 23.3 Å². The fourth-order valence-electron chi connectivity index (χ4n) is 3.35. The molecule has 1 amide bonds. The molecule has 0 aliphatic carbocycles. The summed E-state index contributed by atoms with van der Waals surface area (Å²) in [5.74, 6) is 0.471. The predicted molar refractivity (Wildman–Crippen MR) is 113 cm³/mol. The maximum Gasteiger partial charge on any atom is 0.240 e. The third-order valence-electron chi connectivity index (χ3n) is 4.79. The fourth-order valence-corrected chi connectivity index (χ4v) is 5.40. The highest BCUT2D eigenvalue weighted by molar-refractivity contribution is 7.89. The molecule has 1 N–H and O–H groups in total. The molecule has 0 spiro atoms. The van der Waals surface area contributed by atoms with Crippen LogP contribution in [0.5, 0.6) is 0 Å². The molecule has 1 fully saturated rings. The summed E-state index contributed by atoms with van der Waals surface area (Å²) in [5.41, 5.74) is 0.666. The van der Waals surface area contributed by atoms with Gasteiger partial charge in [0.15, 0.2) is 10.8 Å². The van der Waals surface area contributed by atoms with Crippen LogP contribution in [-0.2, 0) is 21.2 Å². The molecular formula is C20H21N5O3S2. The Kier molecular flexibility index (Phi) is 6.16. The zero-order valence-corrected chi connectivity index (χ0v) is 17.8. The van der Waals surface area contributed by atoms with Gasteiger partial charge in [-0.15, -0.1) is 11.3 Å². The van der Waals surface area contributed by atoms with Gasteiger partial charge in [-0.25, -0.2) is 28.1 Å². The summed E-state index contributed by atoms with van der Waals surface area (Å²) in [6.07, 6.45) is 4.91. The van der Waals surface area contributed by atoms with Crippen LogP contribution < -0.4 is 4.72 Å². The second-order valence-corrected chi connectivity index (χ2v) is 9.58. The van der Waals surface area contributed by atoms with Gasteiger partial charge < -0.3 is 4.90 Å². The van der Waals surface area contributed by atoms with Crippen molar-refractivity contribution in [3.63, 3.8) is 0 Å². The lowest BCUT2D eigenvalue weighted by Gasteiger charge is -2.33. The Bertz CT molecular complexity index is 1100. The lowest BCUT2D eigenvalue weighted by molar-refractivity contribution is -0.131. The number of nitrogens with one attached hydrogen (secondary N) is 1. The van der Waals surface area contributed by atoms with Crippen LogP contribution >= 0.6 is 11.3 Å². The number of hydrogen-bond donors (Lipinski definition) is 1. The highest BCUT2D eigenvalue weighted by atomic mass is 32.2. The molecule has 3 heterocycles. The Morgan fingerprint density at radius 2 is 1.93 bits per heavy atom. The first kappa shape index (κ1) is 20.6. The minimum absolute atomic E-state index is 0.0653. The predicted octanol–water partition coefficient (Wildman–Crippen LogP) is 2.11. The molecule has 0 radical (unpaired) electrons. The van der Waals surface area contributed by atoms with Gasteiger partial charge in [0.2, 0.25) is 15.9 Å². The maximum absolute atomic E-state index is 12.8. The van der Waals surface area contributed by atoms with Gasteiger partial charge in [-0.3, -0.25) is 4.79 Å². The van der Waals surface area contributed by atoms with Crippen molar-refractivity contribution in [1.29, 1.82) is 0 Å². The molecule has 1 atom stereocenters. The number of thiazole rings is 1. The van der Waals surface area contributed by atoms with Crippen molar-refractivity contribution in [2.75, 3.05) is 13.1 Å². The topological polar surface area (TPSA) is 105 Å². The van der Waals surface area contributed by atoms with Gasteiger partial charge >= 0.3 is 0 Å². The van der Waals surface area contributed by atoms with E-state index in [4.69, 9.17) is 0 Å². The lowest BCUT2D eigenvalue weighted by atomic mass is 10.1. The number of piperidine rings is 1. The minimum Gasteiger partial charge on any atom is -0.341 e. The van der Waals surface area contributed by atoms with Crippen LogP contribution in [0.1, 0.15) is 18.5 Å². The molecule has 1 aromatic carbocycles. The molecule has 0 saturated carbocycles. The van der Waals surface area contributed by atoms with Crippen molar-refractivity contribution in [2.45, 2.75) is 30.2 Å². The van der Waals surface area contributed by atoms with Gasteiger partial charge in [0, 0.05) is 36.9 Å². The molecule has 3 aromatic rings. The van der Waals surface area contributed by atoms with Crippen LogP contribution in [-0.4, -0.2) is 53.3 Å². The Labute approximate surface area is 179 Å². The molecule has 0 bridgehead atoms. The first-order chi connectivity index (χ1) is 14.5. The van der Waals surface area contributed by atoms with Gasteiger partial charge in [0.1, 0.15) is 0 Å². The molecule has 1 saturated heterocycles. The van der Waals surface area contributed by atoms with Gasteiger partial charge in [-0.2, -0.15) is 0 Å². The molecule has 156 valence electrons. The SMILES string of the molecule is O=C(Cc1csc(-c2ncccn2)n1)N1CCCC(NS(=O)(=O)c2ccccc2)C1. The molecule has 10 heteroatoms. The van der Waals surface area contributed by atoms with Gasteiger partial charge in [0.25, 0.3) is 0 Å². The fraction of sp³-hybridized carbons (Fsp3) is 0.300. The highest BCUT2D eigenvalue weighted by Gasteiger charge is 2.28. The van der Waals surface area contributed by atoms with Gasteiger partial charge in [0.05, 0.1) is 17.0 Å². The summed E-state index contributed by atoms with van der Waals surface area (Å²) in [7, 11) is -3.61. The van der Waals surface area contributed by atoms with Crippen LogP contribution in [0.15, 0.2) is 59.1 Å². The van der Waals surface area contributed by atoms with E-state index in [0.29, 0.717) is 36.0 Å². The van der Waals surface area contributed by atoms with E-state index in [9.17, 15) is 13.2 Å². The summed E-state index contributed by atoms with van der Waals surface area (Å²) in [6.45, 7) is 0.963. The molecule has 8 nitrogen and oxygen atoms in total. The summed E-state index contributed by atoms with van der Waals surface area (Å²) in [6, 6.07) is 9.70. The second-order valence-electron chi connectivity index (χ2n) is 7.01. The lowest BCUT2D eigenvalue weighted by Crippen LogP contribution is -2.49. The third-order valence-corrected chi connectivity index (χ3v) is 7.21. The molecule has 2 aromatic heterocycles. The van der Waals surface area contributed by atoms with Crippen LogP contribution in [0.25, 0.3) is 10.8 Å². The number of hydrogen-bond acceptors (Lipinski definition) is 7. The quantitative estimate of drug-likeness (QED) is 0.626. The van der Waals surface area contributed by atoms with Crippen molar-refractivity contribution in [3.05, 3.63) is 59.9 Å². The van der Waals surface area contributed by atoms with Crippen LogP contribution in [0, 0.1) is 0 Å². The van der Waals surface area contributed by atoms with E-state index in [0.717, 1.165) is 6.42 Å². The zero-order valence-electron chi connectivity index (χ0n) is 16.1. The monoisotopic (exact) mass is 443 g/mol. The van der Waals surface area contributed by atoms with E-state index >= 15 is 0 Å². The van der Waals surface area contributed by atoms with Crippen LogP contribution in [0.3, 0.4) is 0 Å². The van der Waals surface area contributed by atoms with Gasteiger partial charge in [-0.1, -0.05) is 18.2 Å². The molecule has 1 aliphatic rings. The zero-order chi connectivity index (χ0) is 21.0. The summed E-state index contributed by atoms with van der Waals surface area (Å²) in [4.78, 5) is 27.5. The molecule has 1 unspecified atom stereocenters. The average Bonchev–Trinajstić information content (AvgIpc) is 3.23. The number of nitrogens with zero attached hydrogens (tertiary/aromatic N) is 4. The Balaban J connectivity index is 1.38. The van der Waals surface area contributed by atoms with E-state index in [1.54, 1.807) is 53.7 Å². The van der Waals surface area contributed by atoms with Crippen molar-refractivity contribution in [1.82, 2.24) is 24.6 Å². The standard InChI is InChI=1S/C20H21N5O3S2/c26-18(12-16-14-29-20(23-16)19-21-9-5-10-22-19)25-11-4-6-15(13-25)24-30(27,28)17-7-2-1-3-8-17/h1-3,5,7-10,14-15,24H,4,6,11-13H2. The first-order valence-electron chi connectivity index (χ1n) is 9.58. The van der Waals surface area contributed by atoms with E-state index in [1.165, 1.54) is 11.3 Å². The third kappa shape index (κ3) is 4.89. The van der Waals surface area contributed by atoms with Crippen molar-refractivity contribution >= 4 is 27.3 Å². The molecular weight excluding hydrogens is 422 g/mol. The number of benzene rings is 1. The number of aromatic nitrogens is 3. The maximum atomic E-state index is 12.8.